The summed E-state index contributed by atoms with van der Waals surface area (Å²) in [7, 11) is 0. The zero-order chi connectivity index (χ0) is 20.3. The fourth-order valence-electron chi connectivity index (χ4n) is 2.55. The zero-order valence-corrected chi connectivity index (χ0v) is 16.6. The van der Waals surface area contributed by atoms with Crippen molar-refractivity contribution < 1.29 is 9.53 Å². The van der Waals surface area contributed by atoms with Gasteiger partial charge in [-0.1, -0.05) is 23.4 Å². The number of hydrogen-bond donors (Lipinski definition) is 1. The number of esters is 1. The van der Waals surface area contributed by atoms with Gasteiger partial charge in [0.25, 0.3) is 5.56 Å². The van der Waals surface area contributed by atoms with Crippen molar-refractivity contribution in [1.29, 1.82) is 5.26 Å². The molecule has 0 aliphatic rings. The third-order valence-corrected chi connectivity index (χ3v) is 5.09. The number of nitrogens with one attached hydrogen (secondary N) is 1. The molecule has 1 aromatic carbocycles. The number of aromatic amines is 1. The van der Waals surface area contributed by atoms with E-state index < -0.39 is 5.97 Å². The lowest BCUT2D eigenvalue weighted by atomic mass is 10.1. The molecule has 1 N–H and O–H groups in total. The number of H-pyrrole nitrogens is 1. The molecular formula is C19H15ClN4O3S. The van der Waals surface area contributed by atoms with E-state index in [0.29, 0.717) is 38.2 Å². The minimum atomic E-state index is -0.514. The van der Waals surface area contributed by atoms with E-state index in [0.717, 1.165) is 0 Å². The maximum Gasteiger partial charge on any atom is 0.340 e. The molecule has 3 aromatic rings. The average molecular weight is 415 g/mol. The van der Waals surface area contributed by atoms with Gasteiger partial charge in [-0.25, -0.2) is 14.8 Å². The molecule has 0 atom stereocenters. The van der Waals surface area contributed by atoms with Crippen LogP contribution in [0.25, 0.3) is 10.9 Å². The summed E-state index contributed by atoms with van der Waals surface area (Å²) in [4.78, 5) is 35.7. The summed E-state index contributed by atoms with van der Waals surface area (Å²) in [5.41, 5.74) is 1.23. The molecule has 142 valence electrons. The van der Waals surface area contributed by atoms with Gasteiger partial charge >= 0.3 is 5.97 Å². The van der Waals surface area contributed by atoms with E-state index >= 15 is 0 Å². The zero-order valence-electron chi connectivity index (χ0n) is 15.1. The summed E-state index contributed by atoms with van der Waals surface area (Å²) in [5, 5.41) is 10.7. The van der Waals surface area contributed by atoms with E-state index in [1.54, 1.807) is 32.0 Å². The Kier molecular flexibility index (Phi) is 5.97. The summed E-state index contributed by atoms with van der Waals surface area (Å²) in [5.74, 6) is 0.232. The number of pyridine rings is 1. The summed E-state index contributed by atoms with van der Waals surface area (Å²) in [6.07, 6.45) is 0. The molecule has 2 heterocycles. The maximum atomic E-state index is 12.2. The summed E-state index contributed by atoms with van der Waals surface area (Å²) < 4.78 is 4.99. The Labute approximate surface area is 169 Å². The normalized spacial score (nSPS) is 10.6. The second-order valence-corrected chi connectivity index (χ2v) is 7.17. The van der Waals surface area contributed by atoms with Gasteiger partial charge < -0.3 is 9.72 Å². The molecule has 7 nitrogen and oxygen atoms in total. The van der Waals surface area contributed by atoms with Crippen molar-refractivity contribution in [3.05, 3.63) is 62.3 Å². The van der Waals surface area contributed by atoms with Crippen LogP contribution in [0.3, 0.4) is 0 Å². The van der Waals surface area contributed by atoms with Crippen molar-refractivity contribution in [1.82, 2.24) is 15.0 Å². The van der Waals surface area contributed by atoms with Crippen molar-refractivity contribution in [3.63, 3.8) is 0 Å². The number of nitriles is 1. The first-order valence-corrected chi connectivity index (χ1v) is 9.69. The number of fused-ring (bicyclic) bond motifs is 1. The molecule has 2 aromatic heterocycles. The van der Waals surface area contributed by atoms with Crippen molar-refractivity contribution in [2.45, 2.75) is 24.6 Å². The van der Waals surface area contributed by atoms with Gasteiger partial charge in [0.2, 0.25) is 0 Å². The van der Waals surface area contributed by atoms with Crippen LogP contribution in [0.1, 0.15) is 34.4 Å². The number of aryl methyl sites for hydroxylation is 1. The lowest BCUT2D eigenvalue weighted by molar-refractivity contribution is 0.0524. The van der Waals surface area contributed by atoms with Crippen LogP contribution in [0.4, 0.5) is 0 Å². The number of ether oxygens (including phenoxy) is 1. The molecule has 0 fully saturated rings. The van der Waals surface area contributed by atoms with Crippen LogP contribution >= 0.6 is 23.4 Å². The lowest BCUT2D eigenvalue weighted by Gasteiger charge is -2.09. The molecule has 0 saturated carbocycles. The van der Waals surface area contributed by atoms with Gasteiger partial charge in [-0.15, -0.1) is 0 Å². The van der Waals surface area contributed by atoms with Crippen molar-refractivity contribution >= 4 is 40.2 Å². The van der Waals surface area contributed by atoms with Crippen molar-refractivity contribution in [3.8, 4) is 6.07 Å². The minimum Gasteiger partial charge on any atom is -0.462 e. The first-order valence-electron chi connectivity index (χ1n) is 8.33. The van der Waals surface area contributed by atoms with Crippen LogP contribution in [0.15, 0.2) is 34.1 Å². The Morgan fingerprint density at radius 3 is 2.86 bits per heavy atom. The van der Waals surface area contributed by atoms with Gasteiger partial charge in [0.1, 0.15) is 16.9 Å². The van der Waals surface area contributed by atoms with Crippen LogP contribution in [0.5, 0.6) is 0 Å². The van der Waals surface area contributed by atoms with Gasteiger partial charge in [0.05, 0.1) is 40.1 Å². The lowest BCUT2D eigenvalue weighted by Crippen LogP contribution is -2.11. The number of halogens is 1. The predicted octanol–water partition coefficient (Wildman–Crippen LogP) is 3.62. The number of nitrogens with zero attached hydrogens (tertiary/aromatic N) is 3. The van der Waals surface area contributed by atoms with E-state index in [9.17, 15) is 14.9 Å². The molecule has 0 unspecified atom stereocenters. The summed E-state index contributed by atoms with van der Waals surface area (Å²) in [6, 6.07) is 8.43. The maximum absolute atomic E-state index is 12.2. The molecule has 0 bridgehead atoms. The minimum absolute atomic E-state index is 0.239. The molecule has 28 heavy (non-hydrogen) atoms. The Morgan fingerprint density at radius 1 is 1.36 bits per heavy atom. The predicted molar refractivity (Wildman–Crippen MR) is 107 cm³/mol. The van der Waals surface area contributed by atoms with E-state index in [1.807, 2.05) is 6.07 Å². The first kappa shape index (κ1) is 19.9. The fraction of sp³-hybridized carbons (Fsp3) is 0.211. The second-order valence-electron chi connectivity index (χ2n) is 5.77. The molecule has 9 heteroatoms. The topological polar surface area (TPSA) is 109 Å². The highest BCUT2D eigenvalue weighted by atomic mass is 35.5. The highest BCUT2D eigenvalue weighted by Gasteiger charge is 2.17. The third kappa shape index (κ3) is 4.16. The van der Waals surface area contributed by atoms with Gasteiger partial charge in [0.15, 0.2) is 0 Å². The molecule has 0 saturated heterocycles. The van der Waals surface area contributed by atoms with Crippen LogP contribution in [0.2, 0.25) is 5.02 Å². The number of carbonyl (C=O) groups is 1. The number of aromatic nitrogens is 3. The number of benzene rings is 1. The van der Waals surface area contributed by atoms with Crippen molar-refractivity contribution in [2.24, 2.45) is 0 Å². The highest BCUT2D eigenvalue weighted by Crippen LogP contribution is 2.26. The Hall–Kier alpha value is -2.89. The third-order valence-electron chi connectivity index (χ3n) is 3.86. The van der Waals surface area contributed by atoms with Crippen LogP contribution in [0, 0.1) is 18.3 Å². The smallest absolute Gasteiger partial charge is 0.340 e. The molecule has 3 rings (SSSR count). The van der Waals surface area contributed by atoms with Gasteiger partial charge in [-0.3, -0.25) is 4.79 Å². The van der Waals surface area contributed by atoms with Crippen LogP contribution in [-0.2, 0) is 10.5 Å². The van der Waals surface area contributed by atoms with E-state index in [4.69, 9.17) is 16.3 Å². The average Bonchev–Trinajstić information content (AvgIpc) is 2.67. The van der Waals surface area contributed by atoms with Crippen molar-refractivity contribution in [2.75, 3.05) is 6.61 Å². The number of rotatable bonds is 5. The Balaban J connectivity index is 1.88. The van der Waals surface area contributed by atoms with Gasteiger partial charge in [-0.2, -0.15) is 5.26 Å². The van der Waals surface area contributed by atoms with E-state index in [2.05, 4.69) is 15.0 Å². The number of carbonyl (C=O) groups excluding carboxylic acids is 1. The van der Waals surface area contributed by atoms with Crippen LogP contribution in [-0.4, -0.2) is 27.5 Å². The highest BCUT2D eigenvalue weighted by molar-refractivity contribution is 7.98. The molecule has 0 aliphatic heterocycles. The standard InChI is InChI=1S/C19H15ClN4O3S/c1-3-27-19(26)13-6-11(8-21)18(22-10(13)2)28-9-16-23-15-5-4-12(20)7-14(15)17(25)24-16/h4-7H,3,9H2,1-2H3,(H,23,24,25). The Bertz CT molecular complexity index is 1170. The molecule has 0 radical (unpaired) electrons. The monoisotopic (exact) mass is 414 g/mol. The summed E-state index contributed by atoms with van der Waals surface area (Å²) in [6.45, 7) is 3.63. The van der Waals surface area contributed by atoms with E-state index in [1.165, 1.54) is 17.8 Å². The quantitative estimate of drug-likeness (QED) is 0.501. The number of hydrogen-bond acceptors (Lipinski definition) is 7. The van der Waals surface area contributed by atoms with E-state index in [-0.39, 0.29) is 23.3 Å². The summed E-state index contributed by atoms with van der Waals surface area (Å²) >= 11 is 7.17. The Morgan fingerprint density at radius 2 is 2.14 bits per heavy atom. The van der Waals surface area contributed by atoms with Crippen LogP contribution < -0.4 is 5.56 Å². The molecular weight excluding hydrogens is 400 g/mol. The van der Waals surface area contributed by atoms with Gasteiger partial charge in [-0.05, 0) is 38.1 Å². The number of thioether (sulfide) groups is 1. The largest absolute Gasteiger partial charge is 0.462 e. The SMILES string of the molecule is CCOC(=O)c1cc(C#N)c(SCc2nc3ccc(Cl)cc3c(=O)[nH]2)nc1C. The van der Waals surface area contributed by atoms with Gasteiger partial charge in [0, 0.05) is 5.02 Å². The molecule has 0 spiro atoms. The molecule has 0 amide bonds. The fourth-order valence-corrected chi connectivity index (χ4v) is 3.60. The molecule has 0 aliphatic carbocycles. The first-order chi connectivity index (χ1) is 13.4. The second kappa shape index (κ2) is 8.42.